The van der Waals surface area contributed by atoms with Gasteiger partial charge in [0.05, 0.1) is 5.71 Å². The van der Waals surface area contributed by atoms with Gasteiger partial charge in [0, 0.05) is 12.1 Å². The van der Waals surface area contributed by atoms with E-state index in [1.165, 1.54) is 0 Å². The normalized spacial score (nSPS) is 16.9. The van der Waals surface area contributed by atoms with Crippen LogP contribution in [0.1, 0.15) is 18.4 Å². The molecule has 0 radical (unpaired) electrons. The first-order chi connectivity index (χ1) is 6.92. The Bertz CT molecular complexity index is 368. The van der Waals surface area contributed by atoms with Gasteiger partial charge in [-0.25, -0.2) is 0 Å². The van der Waals surface area contributed by atoms with Gasteiger partial charge < -0.3 is 5.21 Å². The molecule has 2 rings (SSSR count). The van der Waals surface area contributed by atoms with E-state index in [0.29, 0.717) is 5.71 Å². The van der Waals surface area contributed by atoms with Crippen LogP contribution >= 0.6 is 0 Å². The van der Waals surface area contributed by atoms with Crippen LogP contribution in [0.15, 0.2) is 40.5 Å². The van der Waals surface area contributed by atoms with Gasteiger partial charge in [-0.2, -0.15) is 0 Å². The van der Waals surface area contributed by atoms with Crippen LogP contribution in [0.25, 0.3) is 0 Å². The van der Waals surface area contributed by atoms with Crippen LogP contribution in [0.4, 0.5) is 0 Å². The molecule has 1 aliphatic rings. The predicted octanol–water partition coefficient (Wildman–Crippen LogP) is 2.10. The second kappa shape index (κ2) is 4.05. The van der Waals surface area contributed by atoms with Gasteiger partial charge in [0.25, 0.3) is 0 Å². The van der Waals surface area contributed by atoms with E-state index >= 15 is 0 Å². The van der Waals surface area contributed by atoms with E-state index < -0.39 is 0 Å². The Morgan fingerprint density at radius 2 is 2.07 bits per heavy atom. The highest BCUT2D eigenvalue weighted by molar-refractivity contribution is 6.48. The van der Waals surface area contributed by atoms with Crippen molar-refractivity contribution in [2.24, 2.45) is 10.1 Å². The Balaban J connectivity index is 2.31. The molecule has 1 aliphatic heterocycles. The minimum Gasteiger partial charge on any atom is -0.410 e. The van der Waals surface area contributed by atoms with Crippen LogP contribution < -0.4 is 0 Å². The van der Waals surface area contributed by atoms with Crippen LogP contribution in [-0.4, -0.2) is 23.2 Å². The molecule has 0 spiro atoms. The largest absolute Gasteiger partial charge is 0.410 e. The van der Waals surface area contributed by atoms with Crippen molar-refractivity contribution in [2.45, 2.75) is 12.8 Å². The summed E-state index contributed by atoms with van der Waals surface area (Å²) in [5.74, 6) is 0. The molecule has 1 heterocycles. The third-order valence-electron chi connectivity index (χ3n) is 2.29. The molecule has 0 bridgehead atoms. The van der Waals surface area contributed by atoms with E-state index in [1.54, 1.807) is 0 Å². The molecule has 3 heteroatoms. The first-order valence-corrected chi connectivity index (χ1v) is 4.73. The number of nitrogens with zero attached hydrogens (tertiary/aromatic N) is 2. The second-order valence-electron chi connectivity index (χ2n) is 3.25. The lowest BCUT2D eigenvalue weighted by atomic mass is 10.0. The molecule has 0 fully saturated rings. The Morgan fingerprint density at radius 1 is 1.29 bits per heavy atom. The van der Waals surface area contributed by atoms with Crippen molar-refractivity contribution >= 4 is 11.4 Å². The fourth-order valence-electron chi connectivity index (χ4n) is 1.61. The molecule has 0 amide bonds. The standard InChI is InChI=1S/C11H12N2O/c14-13-11(10-7-4-8-12-10)9-5-2-1-3-6-9/h1-3,5-6,14H,4,7-8H2/b13-11+. The van der Waals surface area contributed by atoms with Gasteiger partial charge in [0.2, 0.25) is 0 Å². The lowest BCUT2D eigenvalue weighted by Gasteiger charge is -2.02. The number of hydrogen-bond donors (Lipinski definition) is 1. The average Bonchev–Trinajstić information content (AvgIpc) is 2.74. The number of oxime groups is 1. The van der Waals surface area contributed by atoms with Gasteiger partial charge in [-0.05, 0) is 12.8 Å². The summed E-state index contributed by atoms with van der Waals surface area (Å²) in [6, 6.07) is 9.65. The number of benzene rings is 1. The summed E-state index contributed by atoms with van der Waals surface area (Å²) in [5.41, 5.74) is 2.46. The van der Waals surface area contributed by atoms with Crippen LogP contribution in [0, 0.1) is 0 Å². The molecule has 0 aromatic heterocycles. The maximum Gasteiger partial charge on any atom is 0.130 e. The summed E-state index contributed by atoms with van der Waals surface area (Å²) < 4.78 is 0. The zero-order valence-corrected chi connectivity index (χ0v) is 7.85. The minimum atomic E-state index is 0.614. The van der Waals surface area contributed by atoms with Gasteiger partial charge in [-0.3, -0.25) is 4.99 Å². The molecule has 1 aromatic rings. The molecule has 14 heavy (non-hydrogen) atoms. The molecule has 3 nitrogen and oxygen atoms in total. The van der Waals surface area contributed by atoms with Crippen LogP contribution in [0.2, 0.25) is 0 Å². The zero-order valence-electron chi connectivity index (χ0n) is 7.85. The van der Waals surface area contributed by atoms with Crippen molar-refractivity contribution in [3.8, 4) is 0 Å². The van der Waals surface area contributed by atoms with Crippen molar-refractivity contribution in [2.75, 3.05) is 6.54 Å². The molecule has 0 saturated carbocycles. The quantitative estimate of drug-likeness (QED) is 0.431. The summed E-state index contributed by atoms with van der Waals surface area (Å²) in [6.07, 6.45) is 1.97. The molecule has 0 unspecified atom stereocenters. The van der Waals surface area contributed by atoms with Gasteiger partial charge in [0.1, 0.15) is 5.71 Å². The van der Waals surface area contributed by atoms with Crippen LogP contribution in [-0.2, 0) is 0 Å². The Kier molecular flexibility index (Phi) is 2.58. The predicted molar refractivity (Wildman–Crippen MR) is 56.3 cm³/mol. The highest BCUT2D eigenvalue weighted by atomic mass is 16.4. The average molecular weight is 188 g/mol. The van der Waals surface area contributed by atoms with Crippen LogP contribution in [0.5, 0.6) is 0 Å². The zero-order chi connectivity index (χ0) is 9.80. The van der Waals surface area contributed by atoms with E-state index in [0.717, 1.165) is 30.7 Å². The summed E-state index contributed by atoms with van der Waals surface area (Å²) in [4.78, 5) is 4.31. The first kappa shape index (κ1) is 8.94. The molecular formula is C11H12N2O. The van der Waals surface area contributed by atoms with Gasteiger partial charge in [-0.15, -0.1) is 0 Å². The number of rotatable bonds is 2. The van der Waals surface area contributed by atoms with Crippen molar-refractivity contribution < 1.29 is 5.21 Å². The number of aliphatic imine (C=N–C) groups is 1. The van der Waals surface area contributed by atoms with E-state index in [2.05, 4.69) is 10.1 Å². The smallest absolute Gasteiger partial charge is 0.130 e. The summed E-state index contributed by atoms with van der Waals surface area (Å²) in [5, 5.41) is 12.3. The lowest BCUT2D eigenvalue weighted by Crippen LogP contribution is -2.13. The maximum absolute atomic E-state index is 8.95. The highest BCUT2D eigenvalue weighted by Crippen LogP contribution is 2.11. The van der Waals surface area contributed by atoms with E-state index in [-0.39, 0.29) is 0 Å². The second-order valence-corrected chi connectivity index (χ2v) is 3.25. The van der Waals surface area contributed by atoms with Crippen LogP contribution in [0.3, 0.4) is 0 Å². The van der Waals surface area contributed by atoms with Gasteiger partial charge in [0.15, 0.2) is 0 Å². The molecule has 72 valence electrons. The molecular weight excluding hydrogens is 176 g/mol. The summed E-state index contributed by atoms with van der Waals surface area (Å²) in [7, 11) is 0. The fourth-order valence-corrected chi connectivity index (χ4v) is 1.61. The van der Waals surface area contributed by atoms with Crippen molar-refractivity contribution in [3.63, 3.8) is 0 Å². The molecule has 0 atom stereocenters. The highest BCUT2D eigenvalue weighted by Gasteiger charge is 2.15. The topological polar surface area (TPSA) is 45.0 Å². The van der Waals surface area contributed by atoms with E-state index in [1.807, 2.05) is 30.3 Å². The molecule has 0 saturated heterocycles. The van der Waals surface area contributed by atoms with Crippen molar-refractivity contribution in [3.05, 3.63) is 35.9 Å². The first-order valence-electron chi connectivity index (χ1n) is 4.73. The number of hydrogen-bond acceptors (Lipinski definition) is 3. The molecule has 0 aliphatic carbocycles. The summed E-state index contributed by atoms with van der Waals surface area (Å²) in [6.45, 7) is 0.848. The Labute approximate surface area is 82.8 Å². The monoisotopic (exact) mass is 188 g/mol. The Morgan fingerprint density at radius 3 is 2.64 bits per heavy atom. The fraction of sp³-hybridized carbons (Fsp3) is 0.273. The molecule has 1 N–H and O–H groups in total. The maximum atomic E-state index is 8.95. The van der Waals surface area contributed by atoms with Gasteiger partial charge >= 0.3 is 0 Å². The van der Waals surface area contributed by atoms with Crippen molar-refractivity contribution in [1.29, 1.82) is 0 Å². The third kappa shape index (κ3) is 1.66. The Hall–Kier alpha value is -1.64. The van der Waals surface area contributed by atoms with E-state index in [9.17, 15) is 0 Å². The van der Waals surface area contributed by atoms with E-state index in [4.69, 9.17) is 5.21 Å². The minimum absolute atomic E-state index is 0.614. The molecule has 1 aromatic carbocycles. The lowest BCUT2D eigenvalue weighted by molar-refractivity contribution is 0.320. The SMILES string of the molecule is O/N=C(/C1=NCCC1)c1ccccc1. The summed E-state index contributed by atoms with van der Waals surface area (Å²) >= 11 is 0. The third-order valence-corrected chi connectivity index (χ3v) is 2.29. The van der Waals surface area contributed by atoms with Gasteiger partial charge in [-0.1, -0.05) is 35.5 Å². The van der Waals surface area contributed by atoms with Crippen molar-refractivity contribution in [1.82, 2.24) is 0 Å².